The van der Waals surface area contributed by atoms with Gasteiger partial charge in [-0.25, -0.2) is 9.48 Å². The zero-order valence-corrected chi connectivity index (χ0v) is 14.2. The first-order valence-electron chi connectivity index (χ1n) is 8.07. The van der Waals surface area contributed by atoms with Crippen LogP contribution in [0.25, 0.3) is 0 Å². The zero-order valence-electron chi connectivity index (χ0n) is 14.2. The fourth-order valence-electron chi connectivity index (χ4n) is 2.57. The van der Waals surface area contributed by atoms with Crippen LogP contribution in [0.1, 0.15) is 23.0 Å². The number of aromatic nitrogens is 5. The summed E-state index contributed by atoms with van der Waals surface area (Å²) in [5, 5.41) is 17.1. The van der Waals surface area contributed by atoms with E-state index in [1.807, 2.05) is 30.3 Å². The number of H-pyrrole nitrogens is 1. The molecule has 26 heavy (non-hydrogen) atoms. The molecule has 0 bridgehead atoms. The largest absolute Gasteiger partial charge is 0.394 e. The van der Waals surface area contributed by atoms with Crippen LogP contribution in [-0.4, -0.2) is 42.9 Å². The summed E-state index contributed by atoms with van der Waals surface area (Å²) < 4.78 is 8.54. The van der Waals surface area contributed by atoms with Crippen LogP contribution >= 0.6 is 0 Å². The zero-order chi connectivity index (χ0) is 18.5. The van der Waals surface area contributed by atoms with E-state index in [9.17, 15) is 9.59 Å². The fraction of sp³-hybridized carbons (Fsp3) is 0.294. The van der Waals surface area contributed by atoms with Gasteiger partial charge in [0.2, 0.25) is 0 Å². The molecular formula is C17H19N5O4. The van der Waals surface area contributed by atoms with Crippen LogP contribution in [-0.2, 0) is 11.3 Å². The maximum absolute atomic E-state index is 12.3. The summed E-state index contributed by atoms with van der Waals surface area (Å²) in [5.41, 5.74) is 0.823. The number of nitrogens with one attached hydrogen (secondary N) is 1. The second-order valence-corrected chi connectivity index (χ2v) is 5.73. The predicted molar refractivity (Wildman–Crippen MR) is 92.8 cm³/mol. The molecule has 0 fully saturated rings. The highest BCUT2D eigenvalue weighted by Gasteiger charge is 2.22. The monoisotopic (exact) mass is 357 g/mol. The number of aliphatic hydroxyl groups is 1. The molecule has 1 atom stereocenters. The molecule has 9 heteroatoms. The molecule has 2 heterocycles. The van der Waals surface area contributed by atoms with Crippen LogP contribution in [0.3, 0.4) is 0 Å². The lowest BCUT2D eigenvalue weighted by molar-refractivity contribution is 0.00301. The number of aromatic amines is 1. The molecule has 0 saturated carbocycles. The van der Waals surface area contributed by atoms with Gasteiger partial charge in [0.05, 0.1) is 26.0 Å². The third-order valence-corrected chi connectivity index (χ3v) is 3.84. The van der Waals surface area contributed by atoms with Crippen molar-refractivity contribution in [3.63, 3.8) is 0 Å². The van der Waals surface area contributed by atoms with E-state index in [2.05, 4.69) is 15.3 Å². The summed E-state index contributed by atoms with van der Waals surface area (Å²) in [7, 11) is 0. The minimum Gasteiger partial charge on any atom is -0.394 e. The molecule has 0 saturated heterocycles. The van der Waals surface area contributed by atoms with Gasteiger partial charge < -0.3 is 9.84 Å². The molecule has 3 rings (SSSR count). The Morgan fingerprint density at radius 1 is 1.27 bits per heavy atom. The quantitative estimate of drug-likeness (QED) is 0.617. The molecule has 1 unspecified atom stereocenters. The number of nitrogens with zero attached hydrogens (tertiary/aromatic N) is 4. The number of benzene rings is 1. The highest BCUT2D eigenvalue weighted by Crippen LogP contribution is 2.18. The summed E-state index contributed by atoms with van der Waals surface area (Å²) in [4.78, 5) is 26.2. The van der Waals surface area contributed by atoms with Gasteiger partial charge in [-0.3, -0.25) is 14.3 Å². The van der Waals surface area contributed by atoms with Crippen molar-refractivity contribution in [1.29, 1.82) is 0 Å². The highest BCUT2D eigenvalue weighted by molar-refractivity contribution is 5.16. The first-order chi connectivity index (χ1) is 12.6. The standard InChI is InChI=1S/C17H19N5O4/c1-12-10-21(17(25)19-15(12)24)16(26-8-7-23)14-9-18-20-22(14)11-13-5-3-2-4-6-13/h2-6,9-10,16,23H,7-8,11H2,1H3,(H,19,24,25). The van der Waals surface area contributed by atoms with Gasteiger partial charge in [-0.1, -0.05) is 35.5 Å². The lowest BCUT2D eigenvalue weighted by Gasteiger charge is -2.20. The molecule has 0 aliphatic heterocycles. The Balaban J connectivity index is 2.02. The molecule has 3 aromatic rings. The van der Waals surface area contributed by atoms with E-state index in [-0.39, 0.29) is 13.2 Å². The molecule has 2 aromatic heterocycles. The van der Waals surface area contributed by atoms with Crippen LogP contribution in [0.15, 0.2) is 52.3 Å². The van der Waals surface area contributed by atoms with Gasteiger partial charge in [0, 0.05) is 11.8 Å². The highest BCUT2D eigenvalue weighted by atomic mass is 16.5. The Bertz CT molecular complexity index is 977. The molecule has 0 spiro atoms. The molecule has 9 nitrogen and oxygen atoms in total. The summed E-state index contributed by atoms with van der Waals surface area (Å²) in [6, 6.07) is 9.65. The fourth-order valence-corrected chi connectivity index (χ4v) is 2.57. The van der Waals surface area contributed by atoms with Crippen LogP contribution in [0.4, 0.5) is 0 Å². The third kappa shape index (κ3) is 3.79. The first kappa shape index (κ1) is 17.8. The topological polar surface area (TPSA) is 115 Å². The minimum absolute atomic E-state index is 0.00575. The Labute approximate surface area is 148 Å². The number of ether oxygens (including phenoxy) is 1. The Morgan fingerprint density at radius 3 is 2.77 bits per heavy atom. The van der Waals surface area contributed by atoms with Crippen molar-refractivity contribution >= 4 is 0 Å². The van der Waals surface area contributed by atoms with Gasteiger partial charge in [0.25, 0.3) is 5.56 Å². The van der Waals surface area contributed by atoms with E-state index in [0.717, 1.165) is 5.56 Å². The van der Waals surface area contributed by atoms with E-state index < -0.39 is 17.5 Å². The Morgan fingerprint density at radius 2 is 2.04 bits per heavy atom. The summed E-state index contributed by atoms with van der Waals surface area (Å²) in [5.74, 6) is 0. The SMILES string of the molecule is Cc1cn(C(OCCO)c2cnnn2Cc2ccccc2)c(=O)[nH]c1=O. The van der Waals surface area contributed by atoms with Gasteiger partial charge in [-0.15, -0.1) is 5.10 Å². The van der Waals surface area contributed by atoms with Crippen LogP contribution < -0.4 is 11.2 Å². The van der Waals surface area contributed by atoms with E-state index in [1.165, 1.54) is 17.0 Å². The summed E-state index contributed by atoms with van der Waals surface area (Å²) in [6.45, 7) is 1.82. The smallest absolute Gasteiger partial charge is 0.330 e. The number of aryl methyl sites for hydroxylation is 1. The van der Waals surface area contributed by atoms with Gasteiger partial charge in [0.15, 0.2) is 6.23 Å². The first-order valence-corrected chi connectivity index (χ1v) is 8.07. The van der Waals surface area contributed by atoms with E-state index in [0.29, 0.717) is 17.8 Å². The summed E-state index contributed by atoms with van der Waals surface area (Å²) >= 11 is 0. The van der Waals surface area contributed by atoms with Crippen molar-refractivity contribution in [2.75, 3.05) is 13.2 Å². The van der Waals surface area contributed by atoms with Crippen molar-refractivity contribution in [3.8, 4) is 0 Å². The van der Waals surface area contributed by atoms with Crippen molar-refractivity contribution < 1.29 is 9.84 Å². The van der Waals surface area contributed by atoms with Crippen LogP contribution in [0, 0.1) is 6.92 Å². The minimum atomic E-state index is -0.885. The molecule has 1 aromatic carbocycles. The van der Waals surface area contributed by atoms with E-state index in [1.54, 1.807) is 11.6 Å². The normalized spacial score (nSPS) is 12.2. The number of aliphatic hydroxyl groups excluding tert-OH is 1. The van der Waals surface area contributed by atoms with Crippen molar-refractivity contribution in [2.24, 2.45) is 0 Å². The number of hydrogen-bond donors (Lipinski definition) is 2. The molecule has 0 aliphatic rings. The van der Waals surface area contributed by atoms with Crippen LogP contribution in [0.2, 0.25) is 0 Å². The maximum Gasteiger partial charge on any atom is 0.330 e. The second kappa shape index (κ2) is 7.89. The maximum atomic E-state index is 12.3. The van der Waals surface area contributed by atoms with E-state index >= 15 is 0 Å². The lowest BCUT2D eigenvalue weighted by Crippen LogP contribution is -2.35. The number of hydrogen-bond acceptors (Lipinski definition) is 6. The average Bonchev–Trinajstić information content (AvgIpc) is 3.08. The van der Waals surface area contributed by atoms with Gasteiger partial charge in [-0.05, 0) is 12.5 Å². The molecule has 136 valence electrons. The van der Waals surface area contributed by atoms with Gasteiger partial charge >= 0.3 is 5.69 Å². The van der Waals surface area contributed by atoms with Gasteiger partial charge in [0.1, 0.15) is 5.69 Å². The molecular weight excluding hydrogens is 338 g/mol. The Hall–Kier alpha value is -3.04. The third-order valence-electron chi connectivity index (χ3n) is 3.84. The molecule has 0 amide bonds. The predicted octanol–water partition coefficient (Wildman–Crippen LogP) is 0.0406. The molecule has 0 aliphatic carbocycles. The van der Waals surface area contributed by atoms with Crippen molar-refractivity contribution in [3.05, 3.63) is 80.4 Å². The molecule has 2 N–H and O–H groups in total. The average molecular weight is 357 g/mol. The Kier molecular flexibility index (Phi) is 5.40. The van der Waals surface area contributed by atoms with Crippen molar-refractivity contribution in [1.82, 2.24) is 24.5 Å². The summed E-state index contributed by atoms with van der Waals surface area (Å²) in [6.07, 6.45) is 2.03. The lowest BCUT2D eigenvalue weighted by atomic mass is 10.2. The number of rotatable bonds is 7. The molecule has 0 radical (unpaired) electrons. The van der Waals surface area contributed by atoms with Gasteiger partial charge in [-0.2, -0.15) is 0 Å². The second-order valence-electron chi connectivity index (χ2n) is 5.73. The van der Waals surface area contributed by atoms with E-state index in [4.69, 9.17) is 9.84 Å². The van der Waals surface area contributed by atoms with Crippen LogP contribution in [0.5, 0.6) is 0 Å². The van der Waals surface area contributed by atoms with Crippen molar-refractivity contribution in [2.45, 2.75) is 19.7 Å².